The van der Waals surface area contributed by atoms with Crippen molar-refractivity contribution in [3.05, 3.63) is 27.2 Å². The molecule has 6 heteroatoms. The zero-order valence-corrected chi connectivity index (χ0v) is 6.26. The fraction of sp³-hybridized carbons (Fsp3) is 0.286. The fourth-order valence-corrected chi connectivity index (χ4v) is 0.978. The average Bonchev–Trinajstić information content (AvgIpc) is 2.57. The van der Waals surface area contributed by atoms with Crippen molar-refractivity contribution in [1.29, 1.82) is 0 Å². The molecule has 68 valence electrons. The summed E-state index contributed by atoms with van der Waals surface area (Å²) in [5.74, 6) is 0. The van der Waals surface area contributed by atoms with Gasteiger partial charge in [-0.05, 0) is 0 Å². The van der Waals surface area contributed by atoms with Gasteiger partial charge in [0.1, 0.15) is 5.52 Å². The van der Waals surface area contributed by atoms with Crippen LogP contribution in [0.25, 0.3) is 11.2 Å². The smallest absolute Gasteiger partial charge is 0.332 e. The third kappa shape index (κ3) is 0.851. The molecule has 0 bridgehead atoms. The molecule has 0 saturated carbocycles. The largest absolute Gasteiger partial charge is 0.339 e. The average molecular weight is 186 g/mol. The van der Waals surface area contributed by atoms with E-state index in [2.05, 4.69) is 4.98 Å². The second-order valence-corrected chi connectivity index (χ2v) is 2.34. The van der Waals surface area contributed by atoms with E-state index in [0.29, 0.717) is 9.54 Å². The first kappa shape index (κ1) is 3.49. The van der Waals surface area contributed by atoms with Crippen LogP contribution < -0.4 is 11.2 Å². The number of nitrogens with one attached hydrogen (secondary N) is 1. The van der Waals surface area contributed by atoms with Crippen LogP contribution >= 0.6 is 0 Å². The van der Waals surface area contributed by atoms with Crippen LogP contribution in [0.3, 0.4) is 0 Å². The Balaban J connectivity index is 3.12. The van der Waals surface area contributed by atoms with E-state index in [9.17, 15) is 9.59 Å². The summed E-state index contributed by atoms with van der Waals surface area (Å²) in [5, 5.41) is 0. The molecule has 0 aliphatic carbocycles. The summed E-state index contributed by atoms with van der Waals surface area (Å²) in [4.78, 5) is 27.9. The molecule has 0 aromatic carbocycles. The zero-order chi connectivity index (χ0) is 14.5. The summed E-state index contributed by atoms with van der Waals surface area (Å²) in [6, 6.07) is 0. The van der Waals surface area contributed by atoms with E-state index in [1.807, 2.05) is 0 Å². The number of nitrogens with zero attached hydrogens (tertiary/aromatic N) is 3. The predicted octanol–water partition coefficient (Wildman–Crippen LogP) is -1.04. The van der Waals surface area contributed by atoms with Crippen molar-refractivity contribution in [3.63, 3.8) is 0 Å². The lowest BCUT2D eigenvalue weighted by Crippen LogP contribution is -2.36. The van der Waals surface area contributed by atoms with Crippen LogP contribution in [0.1, 0.15) is 6.85 Å². The molecular weight excluding hydrogens is 172 g/mol. The molecule has 0 unspecified atom stereocenters. The highest BCUT2D eigenvalue weighted by molar-refractivity contribution is 5.68. The van der Waals surface area contributed by atoms with Crippen molar-refractivity contribution < 1.29 is 8.27 Å². The summed E-state index contributed by atoms with van der Waals surface area (Å²) in [6.45, 7) is -4.96. The molecule has 0 saturated heterocycles. The molecule has 0 atom stereocenters. The maximum atomic E-state index is 11.9. The minimum atomic E-state index is -3.07. The highest BCUT2D eigenvalue weighted by Gasteiger charge is 2.08. The second-order valence-electron chi connectivity index (χ2n) is 2.34. The number of aryl methyl sites for hydroxylation is 1. The fourth-order valence-electron chi connectivity index (χ4n) is 0.978. The maximum Gasteiger partial charge on any atom is 0.332 e. The second kappa shape index (κ2) is 2.32. The summed E-state index contributed by atoms with van der Waals surface area (Å²) in [5.41, 5.74) is -3.36. The highest BCUT2D eigenvalue weighted by Crippen LogP contribution is 1.97. The quantitative estimate of drug-likeness (QED) is 0.571. The molecule has 2 aromatic rings. The van der Waals surface area contributed by atoms with Crippen LogP contribution in [0, 0.1) is 0 Å². The predicted molar refractivity (Wildman–Crippen MR) is 46.6 cm³/mol. The lowest BCUT2D eigenvalue weighted by Gasteiger charge is -2.00. The van der Waals surface area contributed by atoms with Crippen molar-refractivity contribution in [2.45, 2.75) is 0 Å². The molecule has 6 nitrogen and oxygen atoms in total. The first-order chi connectivity index (χ1) is 8.66. The standard InChI is InChI=1S/C7H8N4O2/c1-10-5-4(8-3-9-5)6(12)11(2)7(10)13/h3H,1-2H3,(H,8,9)/i1D2,2D3/hD. The molecule has 2 aromatic heterocycles. The molecule has 2 heterocycles. The van der Waals surface area contributed by atoms with Gasteiger partial charge >= 0.3 is 5.69 Å². The lowest BCUT2D eigenvalue weighted by molar-refractivity contribution is 0.709. The summed E-state index contributed by atoms with van der Waals surface area (Å²) in [6.07, 6.45) is 0.883. The monoisotopic (exact) mass is 186 g/mol. The Labute approximate surface area is 80.9 Å². The van der Waals surface area contributed by atoms with Gasteiger partial charge in [-0.1, -0.05) is 0 Å². The molecule has 2 rings (SSSR count). The number of hydrogen-bond acceptors (Lipinski definition) is 3. The highest BCUT2D eigenvalue weighted by atomic mass is 16.2. The number of rotatable bonds is 0. The van der Waals surface area contributed by atoms with Gasteiger partial charge in [0.25, 0.3) is 5.56 Å². The summed E-state index contributed by atoms with van der Waals surface area (Å²) in [7, 11) is 0. The Kier molecular flexibility index (Phi) is 0.622. The zero-order valence-electron chi connectivity index (χ0n) is 12.3. The van der Waals surface area contributed by atoms with E-state index in [4.69, 9.17) is 8.27 Å². The third-order valence-electron chi connectivity index (χ3n) is 1.61. The van der Waals surface area contributed by atoms with E-state index in [1.165, 1.54) is 0 Å². The van der Waals surface area contributed by atoms with Crippen LogP contribution in [-0.2, 0) is 14.0 Å². The van der Waals surface area contributed by atoms with Crippen molar-refractivity contribution in [2.24, 2.45) is 14.0 Å². The minimum absolute atomic E-state index is 0.0574. The van der Waals surface area contributed by atoms with Crippen molar-refractivity contribution in [3.8, 4) is 0 Å². The number of hydrogen-bond donors (Lipinski definition) is 1. The number of aromatic nitrogens is 4. The Hall–Kier alpha value is -1.85. The normalized spacial score (nSPS) is 18.8. The van der Waals surface area contributed by atoms with Gasteiger partial charge in [0.15, 0.2) is 7.06 Å². The van der Waals surface area contributed by atoms with E-state index in [0.717, 1.165) is 6.33 Å². The first-order valence-electron chi connectivity index (χ1n) is 6.35. The van der Waals surface area contributed by atoms with Crippen molar-refractivity contribution in [1.82, 2.24) is 19.1 Å². The SMILES string of the molecule is [2H]C([2H])n1c(=O)n(C([2H])([2H])[2H])c(=O)c2c1ncn2[2H]. The van der Waals surface area contributed by atoms with Crippen LogP contribution in [0.15, 0.2) is 15.9 Å². The van der Waals surface area contributed by atoms with Gasteiger partial charge < -0.3 is 4.98 Å². The van der Waals surface area contributed by atoms with Gasteiger partial charge in [-0.3, -0.25) is 13.9 Å². The van der Waals surface area contributed by atoms with Crippen molar-refractivity contribution in [2.75, 3.05) is 0 Å². The Morgan fingerprint density at radius 1 is 1.62 bits per heavy atom. The molecule has 0 spiro atoms. The van der Waals surface area contributed by atoms with Crippen LogP contribution in [-0.4, -0.2) is 19.1 Å². The van der Waals surface area contributed by atoms with E-state index >= 15 is 0 Å². The molecule has 13 heavy (non-hydrogen) atoms. The summed E-state index contributed by atoms with van der Waals surface area (Å²) >= 11 is 0. The molecular formula is C7H8N4O2. The van der Waals surface area contributed by atoms with Gasteiger partial charge in [-0.25, -0.2) is 9.78 Å². The van der Waals surface area contributed by atoms with Crippen LogP contribution in [0.2, 0.25) is 1.41 Å². The van der Waals surface area contributed by atoms with Gasteiger partial charge in [0.05, 0.1) is 6.33 Å². The van der Waals surface area contributed by atoms with Gasteiger partial charge in [0, 0.05) is 20.8 Å². The number of aromatic amines is 1. The first-order valence-corrected chi connectivity index (χ1v) is 3.25. The van der Waals surface area contributed by atoms with E-state index in [-0.39, 0.29) is 10.2 Å². The molecule has 0 radical (unpaired) electrons. The minimum Gasteiger partial charge on any atom is -0.339 e. The molecule has 0 amide bonds. The van der Waals surface area contributed by atoms with Crippen LogP contribution in [0.5, 0.6) is 0 Å². The van der Waals surface area contributed by atoms with Gasteiger partial charge in [-0.15, -0.1) is 0 Å². The molecule has 0 aliphatic rings. The van der Waals surface area contributed by atoms with E-state index < -0.39 is 30.7 Å². The Morgan fingerprint density at radius 2 is 2.46 bits per heavy atom. The number of imidazole rings is 1. The number of H-pyrrole nitrogens is 1. The molecule has 1 N–H and O–H groups in total. The summed E-state index contributed by atoms with van der Waals surface area (Å²) < 4.78 is 43.7. The molecule has 0 aliphatic heterocycles. The number of fused-ring (bicyclic) bond motifs is 1. The third-order valence-corrected chi connectivity index (χ3v) is 1.61. The molecule has 0 fully saturated rings. The van der Waals surface area contributed by atoms with E-state index in [1.54, 1.807) is 0 Å². The van der Waals surface area contributed by atoms with Crippen molar-refractivity contribution >= 4 is 11.2 Å². The van der Waals surface area contributed by atoms with Crippen LogP contribution in [0.4, 0.5) is 0 Å². The topological polar surface area (TPSA) is 72.7 Å². The Bertz CT molecular complexity index is 754. The van der Waals surface area contributed by atoms with Gasteiger partial charge in [0.2, 0.25) is 0 Å². The van der Waals surface area contributed by atoms with Gasteiger partial charge in [-0.2, -0.15) is 0 Å². The lowest BCUT2D eigenvalue weighted by atomic mass is 10.5. The maximum absolute atomic E-state index is 11.9. The Morgan fingerprint density at radius 3 is 3.15 bits per heavy atom.